The summed E-state index contributed by atoms with van der Waals surface area (Å²) in [6, 6.07) is 0. The Labute approximate surface area is 617 Å². The molecule has 0 aliphatic rings. The molecule has 0 radical (unpaired) electrons. The quantitative estimate of drug-likeness (QED) is 0.0169. The number of ether oxygens (including phenoxy) is 4. The van der Waals surface area contributed by atoms with Crippen molar-refractivity contribution in [2.45, 2.75) is 316 Å². The molecule has 0 aromatic rings. The minimum atomic E-state index is -5.00. The molecule has 0 saturated carbocycles. The van der Waals surface area contributed by atoms with Crippen LogP contribution in [0.4, 0.5) is 0 Å². The predicted octanol–water partition coefficient (Wildman–Crippen LogP) is 22.7. The Bertz CT molecular complexity index is 2510. The van der Waals surface area contributed by atoms with Crippen LogP contribution < -0.4 is 0 Å². The van der Waals surface area contributed by atoms with Gasteiger partial charge in [0.05, 0.1) is 26.4 Å². The SMILES string of the molecule is CC/C=C\C/C=C\C/C=C\C/C=C\C/C=C\CCCCCC(=O)OCC(COP(=O)(O)OCC(O)COP(=O)(O)OCC(COC(=O)CCCCCCC/C=C\C/C=C\CCCCC)OC(=O)CCCCCCC/C=C\CCCC)OC(=O)CCCCCC/C=C\C/C=C\C/C=C\C/C=C\CC. The smallest absolute Gasteiger partial charge is 0.462 e. The van der Waals surface area contributed by atoms with Gasteiger partial charge >= 0.3 is 39.5 Å². The number of aliphatic hydroxyl groups excluding tert-OH is 1. The van der Waals surface area contributed by atoms with Crippen LogP contribution >= 0.6 is 15.6 Å². The van der Waals surface area contributed by atoms with Gasteiger partial charge in [-0.1, -0.05) is 257 Å². The van der Waals surface area contributed by atoms with Crippen LogP contribution in [0, 0.1) is 0 Å². The minimum absolute atomic E-state index is 0.0543. The molecule has 102 heavy (non-hydrogen) atoms. The average Bonchev–Trinajstić information content (AvgIpc) is 0.921. The first-order valence-electron chi connectivity index (χ1n) is 39.1. The van der Waals surface area contributed by atoms with Crippen LogP contribution in [0.3, 0.4) is 0 Å². The topological polar surface area (TPSA) is 237 Å². The lowest BCUT2D eigenvalue weighted by Gasteiger charge is -2.21. The van der Waals surface area contributed by atoms with E-state index in [1.54, 1.807) is 0 Å². The molecule has 0 fully saturated rings. The summed E-state index contributed by atoms with van der Waals surface area (Å²) in [4.78, 5) is 72.9. The summed E-state index contributed by atoms with van der Waals surface area (Å²) in [5.74, 6) is -2.27. The molecule has 0 aromatic heterocycles. The summed E-state index contributed by atoms with van der Waals surface area (Å²) in [5, 5.41) is 10.6. The third-order valence-electron chi connectivity index (χ3n) is 15.8. The number of carbonyl (C=O) groups is 4. The van der Waals surface area contributed by atoms with E-state index in [1.807, 2.05) is 0 Å². The second-order valence-electron chi connectivity index (χ2n) is 25.5. The highest BCUT2D eigenvalue weighted by Gasteiger charge is 2.30. The van der Waals surface area contributed by atoms with E-state index in [2.05, 4.69) is 174 Å². The van der Waals surface area contributed by atoms with Gasteiger partial charge in [-0.3, -0.25) is 37.3 Å². The van der Waals surface area contributed by atoms with Crippen molar-refractivity contribution in [3.05, 3.63) is 146 Å². The lowest BCUT2D eigenvalue weighted by molar-refractivity contribution is -0.161. The zero-order valence-electron chi connectivity index (χ0n) is 63.5. The predicted molar refractivity (Wildman–Crippen MR) is 417 cm³/mol. The molecule has 0 saturated heterocycles. The maximum atomic E-state index is 13.1. The van der Waals surface area contributed by atoms with E-state index in [-0.39, 0.29) is 25.7 Å². The molecular weight excluding hydrogens is 1330 g/mol. The fraction of sp³-hybridized carbons (Fsp3) is 0.663. The molecule has 3 N–H and O–H groups in total. The van der Waals surface area contributed by atoms with E-state index in [9.17, 15) is 43.2 Å². The highest BCUT2D eigenvalue weighted by molar-refractivity contribution is 7.47. The highest BCUT2D eigenvalue weighted by Crippen LogP contribution is 2.45. The van der Waals surface area contributed by atoms with Gasteiger partial charge in [0, 0.05) is 25.7 Å². The second-order valence-corrected chi connectivity index (χ2v) is 28.4. The first-order chi connectivity index (χ1) is 49.7. The van der Waals surface area contributed by atoms with E-state index >= 15 is 0 Å². The Morgan fingerprint density at radius 3 is 0.833 bits per heavy atom. The largest absolute Gasteiger partial charge is 0.472 e. The molecular formula is C83H138O17P2. The number of allylic oxidation sites excluding steroid dienone is 24. The van der Waals surface area contributed by atoms with Crippen LogP contribution in [0.1, 0.15) is 297 Å². The Morgan fingerprint density at radius 1 is 0.284 bits per heavy atom. The van der Waals surface area contributed by atoms with Crippen molar-refractivity contribution in [2.24, 2.45) is 0 Å². The Balaban J connectivity index is 5.42. The van der Waals surface area contributed by atoms with E-state index in [1.165, 1.54) is 32.1 Å². The molecule has 582 valence electrons. The summed E-state index contributed by atoms with van der Waals surface area (Å²) >= 11 is 0. The van der Waals surface area contributed by atoms with Crippen molar-refractivity contribution in [1.82, 2.24) is 0 Å². The molecule has 5 atom stereocenters. The molecule has 0 aromatic carbocycles. The molecule has 0 amide bonds. The second kappa shape index (κ2) is 74.2. The minimum Gasteiger partial charge on any atom is -0.462 e. The lowest BCUT2D eigenvalue weighted by Crippen LogP contribution is -2.30. The molecule has 0 aliphatic carbocycles. The number of esters is 4. The first-order valence-corrected chi connectivity index (χ1v) is 42.1. The molecule has 0 spiro atoms. The van der Waals surface area contributed by atoms with E-state index in [0.717, 1.165) is 186 Å². The molecule has 0 rings (SSSR count). The van der Waals surface area contributed by atoms with E-state index < -0.39 is 97.5 Å². The van der Waals surface area contributed by atoms with E-state index in [4.69, 9.17) is 37.0 Å². The first kappa shape index (κ1) is 96.9. The van der Waals surface area contributed by atoms with Crippen LogP contribution in [0.2, 0.25) is 0 Å². The van der Waals surface area contributed by atoms with Crippen LogP contribution in [0.25, 0.3) is 0 Å². The molecule has 17 nitrogen and oxygen atoms in total. The molecule has 0 bridgehead atoms. The van der Waals surface area contributed by atoms with Gasteiger partial charge in [0.15, 0.2) is 12.2 Å². The van der Waals surface area contributed by atoms with Crippen molar-refractivity contribution in [2.75, 3.05) is 39.6 Å². The molecule has 5 unspecified atom stereocenters. The summed E-state index contributed by atoms with van der Waals surface area (Å²) in [7, 11) is -9.98. The number of phosphoric ester groups is 2. The number of hydrogen-bond donors (Lipinski definition) is 3. The van der Waals surface area contributed by atoms with Crippen molar-refractivity contribution < 1.29 is 80.2 Å². The van der Waals surface area contributed by atoms with Gasteiger partial charge < -0.3 is 33.8 Å². The van der Waals surface area contributed by atoms with Gasteiger partial charge in [-0.2, -0.15) is 0 Å². The van der Waals surface area contributed by atoms with Crippen molar-refractivity contribution in [3.8, 4) is 0 Å². The molecule has 0 aliphatic heterocycles. The third-order valence-corrected chi connectivity index (χ3v) is 17.7. The lowest BCUT2D eigenvalue weighted by atomic mass is 10.1. The van der Waals surface area contributed by atoms with Crippen molar-refractivity contribution >= 4 is 39.5 Å². The summed E-state index contributed by atoms with van der Waals surface area (Å²) in [6.45, 7) is 4.48. The molecule has 0 heterocycles. The summed E-state index contributed by atoms with van der Waals surface area (Å²) < 4.78 is 68.5. The van der Waals surface area contributed by atoms with Crippen LogP contribution in [0.15, 0.2) is 146 Å². The maximum absolute atomic E-state index is 13.1. The fourth-order valence-electron chi connectivity index (χ4n) is 9.84. The fourth-order valence-corrected chi connectivity index (χ4v) is 11.4. The van der Waals surface area contributed by atoms with Gasteiger partial charge in [0.2, 0.25) is 0 Å². The number of unbranched alkanes of at least 4 members (excludes halogenated alkanes) is 22. The maximum Gasteiger partial charge on any atom is 0.472 e. The van der Waals surface area contributed by atoms with Gasteiger partial charge in [-0.15, -0.1) is 0 Å². The zero-order valence-corrected chi connectivity index (χ0v) is 65.3. The van der Waals surface area contributed by atoms with E-state index in [0.29, 0.717) is 25.7 Å². The zero-order chi connectivity index (χ0) is 74.6. The Morgan fingerprint density at radius 2 is 0.520 bits per heavy atom. The standard InChI is InChI=1S/C83H138O17P2/c1-5-9-13-17-21-25-29-32-35-37-38-40-42-45-49-52-56-60-64-68-81(86)94-74-79(100-83(88)70-66-62-58-54-50-46-43-39-36-33-30-26-22-18-14-10-6-2)76-98-102(91,92)96-72-77(84)71-95-101(89,90)97-75-78(99-82(87)69-65-61-57-53-47-28-24-20-16-12-8-4)73-93-80(85)67-63-59-55-51-48-44-41-34-31-27-23-19-15-11-7-3/h9-10,13-14,20-27,32-36,38,40-41,43,45-46,49,77-79,84H,5-8,11-12,15-19,28-31,37,39,42,44,47-48,50-76H2,1-4H3,(H,89,90)(H,91,92)/b13-9-,14-10-,24-20-,25-21-,26-22-,27-23-,35-32-,36-33-,40-38-,41-34-,46-43-,49-45-. The summed E-state index contributed by atoms with van der Waals surface area (Å²) in [6.07, 6.45) is 84.1. The van der Waals surface area contributed by atoms with Gasteiger partial charge in [-0.05, 0) is 161 Å². The Kier molecular flexibility index (Phi) is 70.5. The number of aliphatic hydroxyl groups is 1. The summed E-state index contributed by atoms with van der Waals surface area (Å²) in [5.41, 5.74) is 0. The normalized spacial score (nSPS) is 14.7. The molecule has 19 heteroatoms. The van der Waals surface area contributed by atoms with Gasteiger partial charge in [0.1, 0.15) is 19.3 Å². The monoisotopic (exact) mass is 1470 g/mol. The van der Waals surface area contributed by atoms with Crippen molar-refractivity contribution in [1.29, 1.82) is 0 Å². The number of carbonyl (C=O) groups excluding carboxylic acids is 4. The number of phosphoric acid groups is 2. The van der Waals surface area contributed by atoms with Crippen LogP contribution in [-0.4, -0.2) is 96.7 Å². The van der Waals surface area contributed by atoms with Gasteiger partial charge in [-0.25, -0.2) is 9.13 Å². The van der Waals surface area contributed by atoms with Crippen LogP contribution in [-0.2, 0) is 65.4 Å². The number of hydrogen-bond acceptors (Lipinski definition) is 15. The van der Waals surface area contributed by atoms with Gasteiger partial charge in [0.25, 0.3) is 0 Å². The van der Waals surface area contributed by atoms with Crippen LogP contribution in [0.5, 0.6) is 0 Å². The average molecular weight is 1470 g/mol. The third kappa shape index (κ3) is 73.3. The Hall–Kier alpha value is -5.06. The highest BCUT2D eigenvalue weighted by atomic mass is 31.2. The van der Waals surface area contributed by atoms with Crippen molar-refractivity contribution in [3.63, 3.8) is 0 Å². The number of rotatable bonds is 72.